The molecule has 2 rings (SSSR count). The second-order valence-electron chi connectivity index (χ2n) is 3.46. The van der Waals surface area contributed by atoms with Crippen molar-refractivity contribution in [2.45, 2.75) is 40.0 Å². The van der Waals surface area contributed by atoms with Crippen molar-refractivity contribution in [3.63, 3.8) is 0 Å². The van der Waals surface area contributed by atoms with Crippen LogP contribution in [0.3, 0.4) is 0 Å². The lowest BCUT2D eigenvalue weighted by Gasteiger charge is -1.95. The molecule has 0 aliphatic carbocycles. The third-order valence-electron chi connectivity index (χ3n) is 2.47. The molecule has 0 spiro atoms. The van der Waals surface area contributed by atoms with Crippen LogP contribution in [-0.4, -0.2) is 4.98 Å². The Morgan fingerprint density at radius 3 is 2.60 bits per heavy atom. The number of nitrogens with one attached hydrogen (secondary N) is 1. The Balaban J connectivity index is 0.000000531. The van der Waals surface area contributed by atoms with Gasteiger partial charge >= 0.3 is 0 Å². The standard InChI is InChI=1S/C12H15N.C2H6/c1-2-3-6-10-9-13-12-8-5-4-7-11(10)12;1-2/h4-5,7-9,13H,2-3,6H2,1H3;1-2H3. The zero-order valence-corrected chi connectivity index (χ0v) is 10.0. The molecule has 0 radical (unpaired) electrons. The van der Waals surface area contributed by atoms with Gasteiger partial charge in [0.05, 0.1) is 0 Å². The number of aromatic nitrogens is 1. The van der Waals surface area contributed by atoms with Gasteiger partial charge in [0.15, 0.2) is 0 Å². The first-order valence-corrected chi connectivity index (χ1v) is 5.97. The predicted molar refractivity (Wildman–Crippen MR) is 68.3 cm³/mol. The minimum atomic E-state index is 1.19. The highest BCUT2D eigenvalue weighted by Crippen LogP contribution is 2.19. The summed E-state index contributed by atoms with van der Waals surface area (Å²) in [6.45, 7) is 6.23. The van der Waals surface area contributed by atoms with E-state index in [9.17, 15) is 0 Å². The lowest BCUT2D eigenvalue weighted by atomic mass is 10.1. The van der Waals surface area contributed by atoms with E-state index in [1.54, 1.807) is 0 Å². The summed E-state index contributed by atoms with van der Waals surface area (Å²) in [4.78, 5) is 3.30. The van der Waals surface area contributed by atoms with Crippen molar-refractivity contribution < 1.29 is 0 Å². The summed E-state index contributed by atoms with van der Waals surface area (Å²) in [5.41, 5.74) is 2.71. The molecule has 0 amide bonds. The molecule has 82 valence electrons. The van der Waals surface area contributed by atoms with E-state index in [1.807, 2.05) is 13.8 Å². The Morgan fingerprint density at radius 1 is 1.13 bits per heavy atom. The molecule has 1 aromatic carbocycles. The van der Waals surface area contributed by atoms with E-state index in [-0.39, 0.29) is 0 Å². The van der Waals surface area contributed by atoms with Crippen LogP contribution in [0.4, 0.5) is 0 Å². The molecule has 0 saturated carbocycles. The average molecular weight is 203 g/mol. The van der Waals surface area contributed by atoms with Gasteiger partial charge in [-0.15, -0.1) is 0 Å². The maximum absolute atomic E-state index is 3.30. The first kappa shape index (κ1) is 11.8. The normalized spacial score (nSPS) is 9.80. The summed E-state index contributed by atoms with van der Waals surface area (Å²) >= 11 is 0. The van der Waals surface area contributed by atoms with Crippen molar-refractivity contribution in [3.8, 4) is 0 Å². The zero-order chi connectivity index (χ0) is 11.1. The van der Waals surface area contributed by atoms with Gasteiger partial charge in [0, 0.05) is 17.1 Å². The number of rotatable bonds is 3. The van der Waals surface area contributed by atoms with Crippen LogP contribution < -0.4 is 0 Å². The number of aryl methyl sites for hydroxylation is 1. The fourth-order valence-corrected chi connectivity index (χ4v) is 1.71. The van der Waals surface area contributed by atoms with E-state index in [0.717, 1.165) is 0 Å². The molecule has 0 saturated heterocycles. The minimum absolute atomic E-state index is 1.19. The smallest absolute Gasteiger partial charge is 0.0456 e. The van der Waals surface area contributed by atoms with Gasteiger partial charge in [0.2, 0.25) is 0 Å². The summed E-state index contributed by atoms with van der Waals surface area (Å²) < 4.78 is 0. The molecule has 0 atom stereocenters. The van der Waals surface area contributed by atoms with Crippen molar-refractivity contribution in [2.24, 2.45) is 0 Å². The molecule has 0 unspecified atom stereocenters. The summed E-state index contributed by atoms with van der Waals surface area (Å²) in [5, 5.41) is 1.39. The molecule has 0 fully saturated rings. The van der Waals surface area contributed by atoms with Crippen LogP contribution in [0.2, 0.25) is 0 Å². The lowest BCUT2D eigenvalue weighted by Crippen LogP contribution is -1.80. The highest BCUT2D eigenvalue weighted by molar-refractivity contribution is 5.82. The van der Waals surface area contributed by atoms with Crippen molar-refractivity contribution in [1.29, 1.82) is 0 Å². The third kappa shape index (κ3) is 2.85. The van der Waals surface area contributed by atoms with Crippen LogP contribution in [0, 0.1) is 0 Å². The molecular formula is C14H21N. The summed E-state index contributed by atoms with van der Waals surface area (Å²) in [5.74, 6) is 0. The third-order valence-corrected chi connectivity index (χ3v) is 2.47. The molecule has 0 aliphatic rings. The number of fused-ring (bicyclic) bond motifs is 1. The number of H-pyrrole nitrogens is 1. The van der Waals surface area contributed by atoms with Gasteiger partial charge in [0.25, 0.3) is 0 Å². The fraction of sp³-hybridized carbons (Fsp3) is 0.429. The fourth-order valence-electron chi connectivity index (χ4n) is 1.71. The van der Waals surface area contributed by atoms with Crippen molar-refractivity contribution in [3.05, 3.63) is 36.0 Å². The van der Waals surface area contributed by atoms with Crippen LogP contribution in [0.1, 0.15) is 39.2 Å². The van der Waals surface area contributed by atoms with Gasteiger partial charge in [-0.05, 0) is 24.5 Å². The first-order valence-electron chi connectivity index (χ1n) is 5.97. The first-order chi connectivity index (χ1) is 7.42. The molecule has 1 N–H and O–H groups in total. The Bertz CT molecular complexity index is 387. The van der Waals surface area contributed by atoms with Crippen molar-refractivity contribution in [1.82, 2.24) is 4.98 Å². The SMILES string of the molecule is CC.CCCCc1c[nH]c2ccccc12. The van der Waals surface area contributed by atoms with E-state index in [1.165, 1.54) is 35.7 Å². The maximum Gasteiger partial charge on any atom is 0.0456 e. The average Bonchev–Trinajstić information content (AvgIpc) is 2.72. The monoisotopic (exact) mass is 203 g/mol. The van der Waals surface area contributed by atoms with E-state index < -0.39 is 0 Å². The Labute approximate surface area is 92.5 Å². The van der Waals surface area contributed by atoms with Crippen LogP contribution in [-0.2, 0) is 6.42 Å². The molecular weight excluding hydrogens is 182 g/mol. The minimum Gasteiger partial charge on any atom is -0.361 e. The van der Waals surface area contributed by atoms with Gasteiger partial charge in [0.1, 0.15) is 0 Å². The van der Waals surface area contributed by atoms with Crippen LogP contribution >= 0.6 is 0 Å². The highest BCUT2D eigenvalue weighted by Gasteiger charge is 2.00. The van der Waals surface area contributed by atoms with Gasteiger partial charge in [-0.25, -0.2) is 0 Å². The quantitative estimate of drug-likeness (QED) is 0.754. The van der Waals surface area contributed by atoms with Gasteiger partial charge < -0.3 is 4.98 Å². The summed E-state index contributed by atoms with van der Waals surface area (Å²) in [6.07, 6.45) is 5.88. The number of hydrogen-bond donors (Lipinski definition) is 1. The Kier molecular flexibility index (Phi) is 4.96. The van der Waals surface area contributed by atoms with E-state index in [4.69, 9.17) is 0 Å². The number of para-hydroxylation sites is 1. The molecule has 0 aliphatic heterocycles. The predicted octanol–water partition coefficient (Wildman–Crippen LogP) is 4.54. The number of benzene rings is 1. The van der Waals surface area contributed by atoms with Crippen molar-refractivity contribution in [2.75, 3.05) is 0 Å². The van der Waals surface area contributed by atoms with Crippen LogP contribution in [0.25, 0.3) is 10.9 Å². The second-order valence-corrected chi connectivity index (χ2v) is 3.46. The topological polar surface area (TPSA) is 15.8 Å². The number of aromatic amines is 1. The maximum atomic E-state index is 3.30. The summed E-state index contributed by atoms with van der Waals surface area (Å²) in [7, 11) is 0. The summed E-state index contributed by atoms with van der Waals surface area (Å²) in [6, 6.07) is 8.50. The number of hydrogen-bond acceptors (Lipinski definition) is 0. The number of unbranched alkanes of at least 4 members (excludes halogenated alkanes) is 1. The molecule has 1 heterocycles. The van der Waals surface area contributed by atoms with Crippen LogP contribution in [0.15, 0.2) is 30.5 Å². The molecule has 1 heteroatoms. The molecule has 1 nitrogen and oxygen atoms in total. The highest BCUT2D eigenvalue weighted by atomic mass is 14.7. The molecule has 0 bridgehead atoms. The van der Waals surface area contributed by atoms with Crippen molar-refractivity contribution >= 4 is 10.9 Å². The van der Waals surface area contributed by atoms with Gasteiger partial charge in [-0.1, -0.05) is 45.4 Å². The van der Waals surface area contributed by atoms with E-state index >= 15 is 0 Å². The van der Waals surface area contributed by atoms with Gasteiger partial charge in [-0.2, -0.15) is 0 Å². The van der Waals surface area contributed by atoms with E-state index in [2.05, 4.69) is 42.4 Å². The zero-order valence-electron chi connectivity index (χ0n) is 10.0. The van der Waals surface area contributed by atoms with Gasteiger partial charge in [-0.3, -0.25) is 0 Å². The Morgan fingerprint density at radius 2 is 1.87 bits per heavy atom. The lowest BCUT2D eigenvalue weighted by molar-refractivity contribution is 0.799. The molecule has 15 heavy (non-hydrogen) atoms. The largest absolute Gasteiger partial charge is 0.361 e. The van der Waals surface area contributed by atoms with E-state index in [0.29, 0.717) is 0 Å². The van der Waals surface area contributed by atoms with Crippen LogP contribution in [0.5, 0.6) is 0 Å². The molecule has 1 aromatic heterocycles. The second kappa shape index (κ2) is 6.28. The Hall–Kier alpha value is -1.24. The molecule has 2 aromatic rings.